The summed E-state index contributed by atoms with van der Waals surface area (Å²) in [6, 6.07) is 0. The van der Waals surface area contributed by atoms with Crippen molar-refractivity contribution in [1.29, 1.82) is 0 Å². The molecule has 2 saturated heterocycles. The Hall–Kier alpha value is -0.160. The van der Waals surface area contributed by atoms with Crippen LogP contribution in [0.5, 0.6) is 0 Å². The smallest absolute Gasteiger partial charge is 0.0622 e. The average Bonchev–Trinajstić information content (AvgIpc) is 2.33. The number of morpholine rings is 1. The Balaban J connectivity index is 1.88. The predicted octanol–water partition coefficient (Wildman–Crippen LogP) is -0.0401. The Bertz CT molecular complexity index is 159. The number of hydrogen-bond donors (Lipinski definition) is 1. The second-order valence-electron chi connectivity index (χ2n) is 4.32. The number of piperazine rings is 1. The second-order valence-corrected chi connectivity index (χ2v) is 4.32. The molecule has 2 fully saturated rings. The van der Waals surface area contributed by atoms with E-state index < -0.39 is 0 Å². The molecular weight excluding hydrogens is 190 g/mol. The van der Waals surface area contributed by atoms with Crippen molar-refractivity contribution < 1.29 is 4.74 Å². The van der Waals surface area contributed by atoms with Crippen molar-refractivity contribution in [3.8, 4) is 0 Å². The van der Waals surface area contributed by atoms with Crippen LogP contribution in [0.25, 0.3) is 0 Å². The summed E-state index contributed by atoms with van der Waals surface area (Å²) in [4.78, 5) is 5.19. The quantitative estimate of drug-likeness (QED) is 0.712. The summed E-state index contributed by atoms with van der Waals surface area (Å²) in [5, 5.41) is 3.41. The number of ether oxygens (including phenoxy) is 1. The Kier molecular flexibility index (Phi) is 4.38. The van der Waals surface area contributed by atoms with Crippen LogP contribution < -0.4 is 5.32 Å². The van der Waals surface area contributed by atoms with Crippen LogP contribution in [0.2, 0.25) is 0 Å². The molecule has 0 aromatic rings. The van der Waals surface area contributed by atoms with Gasteiger partial charge in [0.15, 0.2) is 0 Å². The van der Waals surface area contributed by atoms with Crippen LogP contribution in [-0.4, -0.2) is 68.4 Å². The topological polar surface area (TPSA) is 27.7 Å². The molecule has 1 unspecified atom stereocenters. The summed E-state index contributed by atoms with van der Waals surface area (Å²) in [6.07, 6.45) is 1.86. The SMILES string of the molecule is CCC(N1CCNCC1)N1CCOCC1. The first-order valence-electron chi connectivity index (χ1n) is 6.18. The van der Waals surface area contributed by atoms with Crippen LogP contribution >= 0.6 is 0 Å². The van der Waals surface area contributed by atoms with Crippen LogP contribution in [0.3, 0.4) is 0 Å². The fourth-order valence-electron chi connectivity index (χ4n) is 2.60. The molecule has 2 heterocycles. The summed E-state index contributed by atoms with van der Waals surface area (Å²) < 4.78 is 5.41. The van der Waals surface area contributed by atoms with Gasteiger partial charge in [0, 0.05) is 39.3 Å². The predicted molar refractivity (Wildman–Crippen MR) is 60.9 cm³/mol. The fourth-order valence-corrected chi connectivity index (χ4v) is 2.60. The van der Waals surface area contributed by atoms with E-state index in [0.717, 1.165) is 39.4 Å². The highest BCUT2D eigenvalue weighted by Gasteiger charge is 2.25. The minimum Gasteiger partial charge on any atom is -0.379 e. The van der Waals surface area contributed by atoms with Gasteiger partial charge >= 0.3 is 0 Å². The van der Waals surface area contributed by atoms with Crippen LogP contribution in [0.15, 0.2) is 0 Å². The molecule has 1 N–H and O–H groups in total. The first-order valence-corrected chi connectivity index (χ1v) is 6.18. The lowest BCUT2D eigenvalue weighted by atomic mass is 10.2. The van der Waals surface area contributed by atoms with E-state index in [0.29, 0.717) is 6.17 Å². The van der Waals surface area contributed by atoms with Gasteiger partial charge in [-0.1, -0.05) is 6.92 Å². The van der Waals surface area contributed by atoms with Gasteiger partial charge in [-0.25, -0.2) is 0 Å². The third-order valence-electron chi connectivity index (χ3n) is 3.41. The summed E-state index contributed by atoms with van der Waals surface area (Å²) in [7, 11) is 0. The van der Waals surface area contributed by atoms with Crippen molar-refractivity contribution in [2.75, 3.05) is 52.5 Å². The zero-order chi connectivity index (χ0) is 10.5. The molecule has 0 amide bonds. The average molecular weight is 213 g/mol. The molecule has 4 heteroatoms. The molecule has 1 atom stereocenters. The maximum absolute atomic E-state index is 5.41. The van der Waals surface area contributed by atoms with Crippen molar-refractivity contribution in [2.45, 2.75) is 19.5 Å². The summed E-state index contributed by atoms with van der Waals surface area (Å²) in [5.41, 5.74) is 0. The maximum Gasteiger partial charge on any atom is 0.0622 e. The Morgan fingerprint density at radius 3 is 2.27 bits per heavy atom. The molecule has 0 bridgehead atoms. The molecule has 2 rings (SSSR count). The first-order chi connectivity index (χ1) is 7.42. The number of nitrogens with one attached hydrogen (secondary N) is 1. The molecular formula is C11H23N3O. The highest BCUT2D eigenvalue weighted by Crippen LogP contribution is 2.12. The minimum atomic E-state index is 0.635. The number of nitrogens with zero attached hydrogens (tertiary/aromatic N) is 2. The lowest BCUT2D eigenvalue weighted by molar-refractivity contribution is -0.0379. The van der Waals surface area contributed by atoms with Gasteiger partial charge in [-0.05, 0) is 6.42 Å². The van der Waals surface area contributed by atoms with Gasteiger partial charge in [0.25, 0.3) is 0 Å². The third kappa shape index (κ3) is 2.91. The Morgan fingerprint density at radius 1 is 1.07 bits per heavy atom. The summed E-state index contributed by atoms with van der Waals surface area (Å²) in [5.74, 6) is 0. The molecule has 0 spiro atoms. The molecule has 88 valence electrons. The molecule has 0 aromatic carbocycles. The second kappa shape index (κ2) is 5.80. The molecule has 0 aromatic heterocycles. The van der Waals surface area contributed by atoms with Gasteiger partial charge in [-0.15, -0.1) is 0 Å². The minimum absolute atomic E-state index is 0.635. The van der Waals surface area contributed by atoms with Gasteiger partial charge in [0.2, 0.25) is 0 Å². The van der Waals surface area contributed by atoms with E-state index in [1.807, 2.05) is 0 Å². The highest BCUT2D eigenvalue weighted by molar-refractivity contribution is 4.78. The van der Waals surface area contributed by atoms with Crippen LogP contribution in [0.4, 0.5) is 0 Å². The summed E-state index contributed by atoms with van der Waals surface area (Å²) >= 11 is 0. The molecule has 15 heavy (non-hydrogen) atoms. The van der Waals surface area contributed by atoms with Gasteiger partial charge in [0.1, 0.15) is 0 Å². The van der Waals surface area contributed by atoms with Gasteiger partial charge in [0.05, 0.1) is 19.4 Å². The molecule has 2 aliphatic rings. The van der Waals surface area contributed by atoms with E-state index >= 15 is 0 Å². The van der Waals surface area contributed by atoms with E-state index in [2.05, 4.69) is 22.0 Å². The van der Waals surface area contributed by atoms with Crippen LogP contribution in [0, 0.1) is 0 Å². The Morgan fingerprint density at radius 2 is 1.67 bits per heavy atom. The van der Waals surface area contributed by atoms with Gasteiger partial charge in [-0.2, -0.15) is 0 Å². The number of rotatable bonds is 3. The maximum atomic E-state index is 5.41. The lowest BCUT2D eigenvalue weighted by Crippen LogP contribution is -2.57. The molecule has 0 radical (unpaired) electrons. The fraction of sp³-hybridized carbons (Fsp3) is 1.00. The van der Waals surface area contributed by atoms with Crippen molar-refractivity contribution in [3.63, 3.8) is 0 Å². The van der Waals surface area contributed by atoms with Crippen LogP contribution in [0.1, 0.15) is 13.3 Å². The van der Waals surface area contributed by atoms with E-state index in [9.17, 15) is 0 Å². The monoisotopic (exact) mass is 213 g/mol. The highest BCUT2D eigenvalue weighted by atomic mass is 16.5. The van der Waals surface area contributed by atoms with Gasteiger partial charge < -0.3 is 10.1 Å². The molecule has 0 aliphatic carbocycles. The molecule has 0 saturated carbocycles. The van der Waals surface area contributed by atoms with E-state index in [4.69, 9.17) is 4.74 Å². The van der Waals surface area contributed by atoms with Crippen molar-refractivity contribution >= 4 is 0 Å². The largest absolute Gasteiger partial charge is 0.379 e. The van der Waals surface area contributed by atoms with E-state index in [-0.39, 0.29) is 0 Å². The van der Waals surface area contributed by atoms with Crippen molar-refractivity contribution in [2.24, 2.45) is 0 Å². The first kappa shape index (κ1) is 11.3. The zero-order valence-electron chi connectivity index (χ0n) is 9.74. The van der Waals surface area contributed by atoms with Crippen molar-refractivity contribution in [3.05, 3.63) is 0 Å². The molecule has 2 aliphatic heterocycles. The van der Waals surface area contributed by atoms with Crippen molar-refractivity contribution in [1.82, 2.24) is 15.1 Å². The summed E-state index contributed by atoms with van der Waals surface area (Å²) in [6.45, 7) is 11.0. The third-order valence-corrected chi connectivity index (χ3v) is 3.41. The van der Waals surface area contributed by atoms with E-state index in [1.54, 1.807) is 0 Å². The molecule has 4 nitrogen and oxygen atoms in total. The Labute approximate surface area is 92.6 Å². The lowest BCUT2D eigenvalue weighted by Gasteiger charge is -2.42. The van der Waals surface area contributed by atoms with Crippen LogP contribution in [-0.2, 0) is 4.74 Å². The van der Waals surface area contributed by atoms with E-state index in [1.165, 1.54) is 19.5 Å². The standard InChI is InChI=1S/C11H23N3O/c1-2-11(13-5-3-12-4-6-13)14-7-9-15-10-8-14/h11-12H,2-10H2,1H3. The van der Waals surface area contributed by atoms with Gasteiger partial charge in [-0.3, -0.25) is 9.80 Å². The normalized spacial score (nSPS) is 27.8. The number of hydrogen-bond acceptors (Lipinski definition) is 4. The zero-order valence-corrected chi connectivity index (χ0v) is 9.74.